The fourth-order valence-corrected chi connectivity index (χ4v) is 3.05. The van der Waals surface area contributed by atoms with Gasteiger partial charge in [0.1, 0.15) is 17.1 Å². The predicted molar refractivity (Wildman–Crippen MR) is 103 cm³/mol. The Morgan fingerprint density at radius 1 is 0.962 bits per heavy atom. The first-order valence-corrected chi connectivity index (χ1v) is 8.80. The molecule has 3 aromatic rings. The van der Waals surface area contributed by atoms with Crippen LogP contribution >= 0.6 is 11.8 Å². The molecule has 0 atom stereocenters. The molecule has 2 aromatic carbocycles. The number of phenolic OH excluding ortho intramolecular Hbond substituents is 1. The van der Waals surface area contributed by atoms with E-state index in [2.05, 4.69) is 15.2 Å². The van der Waals surface area contributed by atoms with Gasteiger partial charge in [0, 0.05) is 4.90 Å². The summed E-state index contributed by atoms with van der Waals surface area (Å²) >= 11 is 1.14. The molecule has 0 saturated carbocycles. The first-order chi connectivity index (χ1) is 12.5. The van der Waals surface area contributed by atoms with E-state index in [1.165, 1.54) is 6.20 Å². The van der Waals surface area contributed by atoms with Crippen molar-refractivity contribution in [2.75, 3.05) is 0 Å². The lowest BCUT2D eigenvalue weighted by molar-refractivity contribution is 0.108. The number of azo groups is 1. The molecule has 0 spiro atoms. The number of pyridine rings is 1. The van der Waals surface area contributed by atoms with Crippen molar-refractivity contribution < 1.29 is 9.90 Å². The molecule has 26 heavy (non-hydrogen) atoms. The molecule has 6 heteroatoms. The van der Waals surface area contributed by atoms with E-state index in [1.807, 2.05) is 44.2 Å². The van der Waals surface area contributed by atoms with Crippen molar-refractivity contribution in [3.05, 3.63) is 77.6 Å². The zero-order valence-corrected chi connectivity index (χ0v) is 15.2. The van der Waals surface area contributed by atoms with Crippen LogP contribution in [0.15, 0.2) is 75.9 Å². The van der Waals surface area contributed by atoms with Gasteiger partial charge < -0.3 is 5.11 Å². The molecular weight excluding hydrogens is 346 g/mol. The number of carbonyl (C=O) groups is 1. The van der Waals surface area contributed by atoms with E-state index in [-0.39, 0.29) is 10.9 Å². The number of aryl methyl sites for hydroxylation is 2. The first kappa shape index (κ1) is 17.8. The third-order valence-electron chi connectivity index (χ3n) is 3.67. The lowest BCUT2D eigenvalue weighted by Crippen LogP contribution is -1.96. The average molecular weight is 363 g/mol. The number of nitrogens with zero attached hydrogens (tertiary/aromatic N) is 3. The Hall–Kier alpha value is -2.99. The molecule has 0 fully saturated rings. The third kappa shape index (κ3) is 4.34. The van der Waals surface area contributed by atoms with Crippen LogP contribution in [0.25, 0.3) is 0 Å². The largest absolute Gasteiger partial charge is 0.507 e. The van der Waals surface area contributed by atoms with E-state index in [0.29, 0.717) is 17.1 Å². The minimum atomic E-state index is -0.121. The Morgan fingerprint density at radius 2 is 1.62 bits per heavy atom. The maximum absolute atomic E-state index is 12.2. The number of aromatic nitrogens is 1. The molecule has 0 amide bonds. The van der Waals surface area contributed by atoms with E-state index >= 15 is 0 Å². The van der Waals surface area contributed by atoms with Gasteiger partial charge in [-0.3, -0.25) is 4.79 Å². The highest BCUT2D eigenvalue weighted by molar-refractivity contribution is 8.14. The van der Waals surface area contributed by atoms with E-state index < -0.39 is 0 Å². The molecule has 0 radical (unpaired) electrons. The Balaban J connectivity index is 1.70. The van der Waals surface area contributed by atoms with Gasteiger partial charge in [-0.15, -0.1) is 5.11 Å². The standard InChI is InChI=1S/C20H17N3O2S/c1-13-10-16(11-14(2)19(13)24)23-22-15-8-9-18(21-12-15)20(25)26-17-6-4-3-5-7-17/h3-12,24H,1-2H3/b23-22+. The monoisotopic (exact) mass is 363 g/mol. The molecule has 3 rings (SSSR count). The second-order valence-corrected chi connectivity index (χ2v) is 6.78. The Bertz CT molecular complexity index is 932. The van der Waals surface area contributed by atoms with Crippen LogP contribution in [-0.2, 0) is 0 Å². The fourth-order valence-electron chi connectivity index (χ4n) is 2.32. The molecule has 0 bridgehead atoms. The van der Waals surface area contributed by atoms with Crippen LogP contribution in [0, 0.1) is 13.8 Å². The molecule has 1 heterocycles. The quantitative estimate of drug-likeness (QED) is 0.473. The summed E-state index contributed by atoms with van der Waals surface area (Å²) in [5, 5.41) is 18.0. The lowest BCUT2D eigenvalue weighted by Gasteiger charge is -2.03. The maximum atomic E-state index is 12.2. The maximum Gasteiger partial charge on any atom is 0.242 e. The first-order valence-electron chi connectivity index (χ1n) is 7.98. The predicted octanol–water partition coefficient (Wildman–Crippen LogP) is 5.75. The third-order valence-corrected chi connectivity index (χ3v) is 4.57. The number of benzene rings is 2. The normalized spacial score (nSPS) is 11.0. The number of rotatable bonds is 4. The summed E-state index contributed by atoms with van der Waals surface area (Å²) in [7, 11) is 0. The number of thioether (sulfide) groups is 1. The molecule has 0 unspecified atom stereocenters. The average Bonchev–Trinajstić information content (AvgIpc) is 2.65. The van der Waals surface area contributed by atoms with Gasteiger partial charge in [-0.25, -0.2) is 4.98 Å². The summed E-state index contributed by atoms with van der Waals surface area (Å²) in [5.74, 6) is 0.268. The highest BCUT2D eigenvalue weighted by Crippen LogP contribution is 2.28. The van der Waals surface area contributed by atoms with Crippen LogP contribution in [0.3, 0.4) is 0 Å². The van der Waals surface area contributed by atoms with Gasteiger partial charge in [-0.2, -0.15) is 5.11 Å². The lowest BCUT2D eigenvalue weighted by atomic mass is 10.1. The van der Waals surface area contributed by atoms with Crippen LogP contribution in [0.5, 0.6) is 5.75 Å². The fraction of sp³-hybridized carbons (Fsp3) is 0.100. The zero-order chi connectivity index (χ0) is 18.5. The SMILES string of the molecule is Cc1cc(/N=N/c2ccc(C(=O)Sc3ccccc3)nc2)cc(C)c1O. The number of hydrogen-bond acceptors (Lipinski definition) is 6. The van der Waals surface area contributed by atoms with Crippen LogP contribution in [-0.4, -0.2) is 15.2 Å². The number of hydrogen-bond donors (Lipinski definition) is 1. The van der Waals surface area contributed by atoms with E-state index in [9.17, 15) is 9.90 Å². The smallest absolute Gasteiger partial charge is 0.242 e. The summed E-state index contributed by atoms with van der Waals surface area (Å²) in [6.45, 7) is 3.63. The summed E-state index contributed by atoms with van der Waals surface area (Å²) in [4.78, 5) is 17.3. The van der Waals surface area contributed by atoms with Crippen molar-refractivity contribution in [2.45, 2.75) is 18.7 Å². The summed E-state index contributed by atoms with van der Waals surface area (Å²) in [5.41, 5.74) is 3.06. The topological polar surface area (TPSA) is 74.9 Å². The van der Waals surface area contributed by atoms with Crippen LogP contribution in [0.1, 0.15) is 21.6 Å². The molecule has 1 aromatic heterocycles. The van der Waals surface area contributed by atoms with Gasteiger partial charge >= 0.3 is 0 Å². The second kappa shape index (κ2) is 7.93. The van der Waals surface area contributed by atoms with E-state index in [0.717, 1.165) is 27.8 Å². The number of aromatic hydroxyl groups is 1. The van der Waals surface area contributed by atoms with Crippen molar-refractivity contribution in [3.63, 3.8) is 0 Å². The summed E-state index contributed by atoms with van der Waals surface area (Å²) in [6.07, 6.45) is 1.52. The van der Waals surface area contributed by atoms with Crippen molar-refractivity contribution in [1.82, 2.24) is 4.98 Å². The van der Waals surface area contributed by atoms with Crippen LogP contribution in [0.4, 0.5) is 11.4 Å². The summed E-state index contributed by atoms with van der Waals surface area (Å²) in [6, 6.07) is 16.3. The molecule has 0 aliphatic rings. The number of phenols is 1. The minimum absolute atomic E-state index is 0.121. The molecule has 130 valence electrons. The van der Waals surface area contributed by atoms with Crippen LogP contribution < -0.4 is 0 Å². The Labute approximate surface area is 155 Å². The highest BCUT2D eigenvalue weighted by atomic mass is 32.2. The second-order valence-electron chi connectivity index (χ2n) is 5.73. The molecular formula is C20H17N3O2S. The molecule has 0 aliphatic carbocycles. The van der Waals surface area contributed by atoms with Crippen molar-refractivity contribution in [3.8, 4) is 5.75 Å². The van der Waals surface area contributed by atoms with E-state index in [1.54, 1.807) is 24.3 Å². The van der Waals surface area contributed by atoms with Gasteiger partial charge in [-0.05, 0) is 73.1 Å². The minimum Gasteiger partial charge on any atom is -0.507 e. The highest BCUT2D eigenvalue weighted by Gasteiger charge is 2.09. The van der Waals surface area contributed by atoms with Gasteiger partial charge in [0.25, 0.3) is 0 Å². The van der Waals surface area contributed by atoms with Crippen molar-refractivity contribution in [1.29, 1.82) is 0 Å². The van der Waals surface area contributed by atoms with Gasteiger partial charge in [0.15, 0.2) is 0 Å². The summed E-state index contributed by atoms with van der Waals surface area (Å²) < 4.78 is 0. The molecule has 0 saturated heterocycles. The van der Waals surface area contributed by atoms with Gasteiger partial charge in [-0.1, -0.05) is 18.2 Å². The van der Waals surface area contributed by atoms with Gasteiger partial charge in [0.2, 0.25) is 5.12 Å². The van der Waals surface area contributed by atoms with Gasteiger partial charge in [0.05, 0.1) is 11.9 Å². The van der Waals surface area contributed by atoms with Crippen LogP contribution in [0.2, 0.25) is 0 Å². The Kier molecular flexibility index (Phi) is 5.43. The molecule has 0 aliphatic heterocycles. The molecule has 5 nitrogen and oxygen atoms in total. The van der Waals surface area contributed by atoms with E-state index in [4.69, 9.17) is 0 Å². The van der Waals surface area contributed by atoms with Crippen molar-refractivity contribution >= 4 is 28.3 Å². The Morgan fingerprint density at radius 3 is 2.23 bits per heavy atom. The molecule has 1 N–H and O–H groups in total. The zero-order valence-electron chi connectivity index (χ0n) is 14.4. The van der Waals surface area contributed by atoms with Crippen molar-refractivity contribution in [2.24, 2.45) is 10.2 Å². The number of carbonyl (C=O) groups excluding carboxylic acids is 1.